The molecule has 1 heterocycles. The summed E-state index contributed by atoms with van der Waals surface area (Å²) in [4.78, 5) is 12.8. The van der Waals surface area contributed by atoms with Gasteiger partial charge in [0, 0.05) is 13.0 Å². The summed E-state index contributed by atoms with van der Waals surface area (Å²) in [6, 6.07) is 0. The average molecular weight is 819 g/mol. The third-order valence-electron chi connectivity index (χ3n) is 10.4. The van der Waals surface area contributed by atoms with Crippen molar-refractivity contribution in [1.29, 1.82) is 0 Å². The Hall–Kier alpha value is -2.11. The van der Waals surface area contributed by atoms with Crippen molar-refractivity contribution < 1.29 is 44.2 Å². The second-order valence-corrected chi connectivity index (χ2v) is 15.8. The number of esters is 1. The normalized spacial score (nSPS) is 20.8. The van der Waals surface area contributed by atoms with Crippen molar-refractivity contribution in [2.24, 2.45) is 0 Å². The first-order valence-corrected chi connectivity index (χ1v) is 23.4. The Kier molecular flexibility index (Phi) is 37.5. The first kappa shape index (κ1) is 53.9. The molecule has 1 saturated heterocycles. The van der Waals surface area contributed by atoms with Crippen LogP contribution in [0.1, 0.15) is 181 Å². The number of hydrogen-bond donors (Lipinski definition) is 4. The van der Waals surface area contributed by atoms with Gasteiger partial charge in [0.25, 0.3) is 0 Å². The summed E-state index contributed by atoms with van der Waals surface area (Å²) in [6.45, 7) is 4.41. The van der Waals surface area contributed by atoms with E-state index >= 15 is 0 Å². The Morgan fingerprint density at radius 2 is 1.05 bits per heavy atom. The summed E-state index contributed by atoms with van der Waals surface area (Å²) in [5.41, 5.74) is 0. The van der Waals surface area contributed by atoms with Gasteiger partial charge in [-0.3, -0.25) is 4.79 Å². The predicted molar refractivity (Wildman–Crippen MR) is 238 cm³/mol. The summed E-state index contributed by atoms with van der Waals surface area (Å²) in [5, 5.41) is 40.1. The summed E-state index contributed by atoms with van der Waals surface area (Å²) in [7, 11) is 0. The van der Waals surface area contributed by atoms with Crippen LogP contribution in [0.5, 0.6) is 0 Å². The molecular weight excluding hydrogens is 733 g/mol. The van der Waals surface area contributed by atoms with Crippen LogP contribution < -0.4 is 0 Å². The molecule has 6 unspecified atom stereocenters. The van der Waals surface area contributed by atoms with Crippen LogP contribution in [-0.4, -0.2) is 89.6 Å². The summed E-state index contributed by atoms with van der Waals surface area (Å²) < 4.78 is 22.8. The van der Waals surface area contributed by atoms with E-state index in [2.05, 4.69) is 74.6 Å². The lowest BCUT2D eigenvalue weighted by Gasteiger charge is -2.39. The van der Waals surface area contributed by atoms with E-state index in [4.69, 9.17) is 18.9 Å². The minimum Gasteiger partial charge on any atom is -0.457 e. The number of aliphatic hydroxyl groups is 4. The Labute approximate surface area is 354 Å². The number of rotatable bonds is 39. The van der Waals surface area contributed by atoms with Gasteiger partial charge in [0.2, 0.25) is 0 Å². The number of unbranched alkanes of at least 4 members (excludes halogenated alkanes) is 18. The summed E-state index contributed by atoms with van der Waals surface area (Å²) >= 11 is 0. The second kappa shape index (κ2) is 40.3. The van der Waals surface area contributed by atoms with Gasteiger partial charge in [-0.15, -0.1) is 0 Å². The van der Waals surface area contributed by atoms with Crippen LogP contribution in [0.4, 0.5) is 0 Å². The van der Waals surface area contributed by atoms with Crippen LogP contribution >= 0.6 is 0 Å². The zero-order chi connectivity index (χ0) is 42.2. The Morgan fingerprint density at radius 3 is 1.57 bits per heavy atom. The van der Waals surface area contributed by atoms with Gasteiger partial charge in [-0.05, 0) is 57.8 Å². The van der Waals surface area contributed by atoms with E-state index in [0.717, 1.165) is 64.2 Å². The van der Waals surface area contributed by atoms with Crippen molar-refractivity contribution in [1.82, 2.24) is 0 Å². The molecule has 336 valence electrons. The van der Waals surface area contributed by atoms with Gasteiger partial charge in [-0.2, -0.15) is 0 Å². The highest BCUT2D eigenvalue weighted by Gasteiger charge is 2.44. The maximum Gasteiger partial charge on any atom is 0.306 e. The minimum atomic E-state index is -1.54. The Balaban J connectivity index is 2.28. The third-order valence-corrected chi connectivity index (χ3v) is 10.4. The lowest BCUT2D eigenvalue weighted by Crippen LogP contribution is -2.59. The van der Waals surface area contributed by atoms with E-state index in [1.54, 1.807) is 0 Å². The van der Waals surface area contributed by atoms with E-state index in [1.807, 2.05) is 0 Å². The van der Waals surface area contributed by atoms with Crippen LogP contribution in [0.15, 0.2) is 60.8 Å². The molecule has 0 saturated carbocycles. The van der Waals surface area contributed by atoms with Crippen LogP contribution in [0.3, 0.4) is 0 Å². The standard InChI is InChI=1S/C49H86O9/c1-3-5-7-9-11-13-15-17-19-21-22-23-24-26-28-30-32-34-36-38-45(51)57-43(42-56-49-48(54)47(53)46(52)44(40-50)58-49)41-55-39-37-35-33-31-29-27-25-20-18-16-14-12-10-8-6-4-2/h5,7,11,13,17,19,22-23,26,28,43-44,46-50,52-54H,3-4,6,8-10,12,14-16,18,20-21,24-25,27,29-42H2,1-2H3/b7-5-,13-11-,19-17-,23-22-,28-26-. The monoisotopic (exact) mass is 819 g/mol. The van der Waals surface area contributed by atoms with E-state index < -0.39 is 43.4 Å². The fraction of sp³-hybridized carbons (Fsp3) is 0.776. The number of hydrogen-bond acceptors (Lipinski definition) is 9. The molecule has 4 N–H and O–H groups in total. The first-order chi connectivity index (χ1) is 28.4. The molecule has 9 heteroatoms. The molecule has 0 aromatic heterocycles. The summed E-state index contributed by atoms with van der Waals surface area (Å²) in [5.74, 6) is -0.344. The average Bonchev–Trinajstić information content (AvgIpc) is 3.22. The molecule has 1 aliphatic rings. The second-order valence-electron chi connectivity index (χ2n) is 15.8. The molecule has 0 radical (unpaired) electrons. The van der Waals surface area contributed by atoms with Gasteiger partial charge in [-0.1, -0.05) is 177 Å². The van der Waals surface area contributed by atoms with Gasteiger partial charge in [0.05, 0.1) is 19.8 Å². The fourth-order valence-corrected chi connectivity index (χ4v) is 6.81. The van der Waals surface area contributed by atoms with Crippen molar-refractivity contribution in [2.45, 2.75) is 218 Å². The zero-order valence-corrected chi connectivity index (χ0v) is 36.8. The van der Waals surface area contributed by atoms with Gasteiger partial charge in [0.1, 0.15) is 30.5 Å². The van der Waals surface area contributed by atoms with Crippen LogP contribution in [0.2, 0.25) is 0 Å². The minimum absolute atomic E-state index is 0.128. The maximum atomic E-state index is 12.8. The van der Waals surface area contributed by atoms with E-state index in [9.17, 15) is 25.2 Å². The number of allylic oxidation sites excluding steroid dienone is 10. The number of ether oxygens (including phenoxy) is 4. The molecule has 0 amide bonds. The Bertz CT molecular complexity index is 1070. The molecule has 58 heavy (non-hydrogen) atoms. The van der Waals surface area contributed by atoms with Crippen molar-refractivity contribution in [2.75, 3.05) is 26.4 Å². The van der Waals surface area contributed by atoms with Gasteiger partial charge < -0.3 is 39.4 Å². The quantitative estimate of drug-likeness (QED) is 0.0272. The molecular formula is C49H86O9. The van der Waals surface area contributed by atoms with Gasteiger partial charge in [0.15, 0.2) is 6.29 Å². The molecule has 1 fully saturated rings. The zero-order valence-electron chi connectivity index (χ0n) is 36.8. The molecule has 0 aromatic carbocycles. The third kappa shape index (κ3) is 30.9. The highest BCUT2D eigenvalue weighted by molar-refractivity contribution is 5.69. The summed E-state index contributed by atoms with van der Waals surface area (Å²) in [6.07, 6.45) is 43.9. The molecule has 0 bridgehead atoms. The van der Waals surface area contributed by atoms with Crippen molar-refractivity contribution >= 4 is 5.97 Å². The SMILES string of the molecule is CC/C=C\C/C=C\C/C=C\C/C=C\C/C=C\CCCCCC(=O)OC(COCCCCCCCCCCCCCCCCCC)COC1OC(CO)C(O)C(O)C1O. The van der Waals surface area contributed by atoms with Gasteiger partial charge in [-0.25, -0.2) is 0 Å². The van der Waals surface area contributed by atoms with Crippen LogP contribution in [0, 0.1) is 0 Å². The predicted octanol–water partition coefficient (Wildman–Crippen LogP) is 10.7. The molecule has 0 aromatic rings. The number of carbonyl (C=O) groups is 1. The molecule has 9 nitrogen and oxygen atoms in total. The lowest BCUT2D eigenvalue weighted by atomic mass is 9.99. The van der Waals surface area contributed by atoms with Crippen molar-refractivity contribution in [3.63, 3.8) is 0 Å². The van der Waals surface area contributed by atoms with Crippen LogP contribution in [-0.2, 0) is 23.7 Å². The molecule has 1 rings (SSSR count). The Morgan fingerprint density at radius 1 is 0.569 bits per heavy atom. The highest BCUT2D eigenvalue weighted by Crippen LogP contribution is 2.22. The van der Waals surface area contributed by atoms with Crippen molar-refractivity contribution in [3.8, 4) is 0 Å². The largest absolute Gasteiger partial charge is 0.457 e. The highest BCUT2D eigenvalue weighted by atomic mass is 16.7. The lowest BCUT2D eigenvalue weighted by molar-refractivity contribution is -0.305. The van der Waals surface area contributed by atoms with E-state index in [-0.39, 0.29) is 25.6 Å². The fourth-order valence-electron chi connectivity index (χ4n) is 6.81. The number of aliphatic hydroxyl groups excluding tert-OH is 4. The topological polar surface area (TPSA) is 135 Å². The van der Waals surface area contributed by atoms with Crippen molar-refractivity contribution in [3.05, 3.63) is 60.8 Å². The molecule has 1 aliphatic heterocycles. The maximum absolute atomic E-state index is 12.8. The first-order valence-electron chi connectivity index (χ1n) is 23.4. The number of carbonyl (C=O) groups excluding carboxylic acids is 1. The molecule has 0 aliphatic carbocycles. The van der Waals surface area contributed by atoms with Crippen LogP contribution in [0.25, 0.3) is 0 Å². The smallest absolute Gasteiger partial charge is 0.306 e. The molecule has 0 spiro atoms. The van der Waals surface area contributed by atoms with E-state index in [1.165, 1.54) is 89.9 Å². The molecule has 6 atom stereocenters. The van der Waals surface area contributed by atoms with E-state index in [0.29, 0.717) is 13.0 Å². The van der Waals surface area contributed by atoms with Gasteiger partial charge >= 0.3 is 5.97 Å².